The van der Waals surface area contributed by atoms with E-state index in [1.165, 1.54) is 31.4 Å². The van der Waals surface area contributed by atoms with Gasteiger partial charge in [0.2, 0.25) is 5.91 Å². The van der Waals surface area contributed by atoms with Crippen molar-refractivity contribution in [1.29, 1.82) is 0 Å². The van der Waals surface area contributed by atoms with E-state index in [1.807, 2.05) is 17.3 Å². The number of hydrogen-bond donors (Lipinski definition) is 1. The van der Waals surface area contributed by atoms with Crippen molar-refractivity contribution in [3.05, 3.63) is 30.7 Å². The van der Waals surface area contributed by atoms with Crippen LogP contribution in [-0.4, -0.2) is 56.7 Å². The minimum atomic E-state index is 0.307. The molecule has 7 heteroatoms. The van der Waals surface area contributed by atoms with Crippen LogP contribution < -0.4 is 4.90 Å². The van der Waals surface area contributed by atoms with Crippen LogP contribution in [0.3, 0.4) is 0 Å². The number of nitrogens with zero attached hydrogens (tertiary/aromatic N) is 5. The molecule has 2 saturated carbocycles. The summed E-state index contributed by atoms with van der Waals surface area (Å²) in [5, 5.41) is 5.77. The second-order valence-electron chi connectivity index (χ2n) is 9.01. The summed E-state index contributed by atoms with van der Waals surface area (Å²) in [5.41, 5.74) is 4.29. The number of fused-ring (bicyclic) bond motifs is 1. The first kappa shape index (κ1) is 18.0. The number of hydrogen-bond acceptors (Lipinski definition) is 4. The summed E-state index contributed by atoms with van der Waals surface area (Å²) in [5.74, 6) is 0.666. The summed E-state index contributed by atoms with van der Waals surface area (Å²) in [6.45, 7) is 3.37. The third kappa shape index (κ3) is 3.16. The molecule has 3 aromatic heterocycles. The fourth-order valence-electron chi connectivity index (χ4n) is 5.05. The normalized spacial score (nSPS) is 20.4. The molecule has 3 aliphatic rings. The molecule has 1 amide bonds. The van der Waals surface area contributed by atoms with Crippen LogP contribution in [0.5, 0.6) is 0 Å². The van der Waals surface area contributed by atoms with Crippen molar-refractivity contribution < 1.29 is 4.79 Å². The molecule has 0 aromatic carbocycles. The SMILES string of the molecule is O=C(C1CC1)N1CCN(c2ccnc3[nH]c(-c4cnn(C5CCCC5)c4)cc23)CC1. The highest BCUT2D eigenvalue weighted by molar-refractivity contribution is 5.94. The van der Waals surface area contributed by atoms with Crippen LogP contribution in [0.15, 0.2) is 30.7 Å². The fraction of sp³-hybridized carbons (Fsp3) is 0.522. The largest absolute Gasteiger partial charge is 0.367 e. The maximum absolute atomic E-state index is 12.4. The van der Waals surface area contributed by atoms with Gasteiger partial charge < -0.3 is 14.8 Å². The lowest BCUT2D eigenvalue weighted by Crippen LogP contribution is -2.49. The Labute approximate surface area is 176 Å². The van der Waals surface area contributed by atoms with Crippen LogP contribution >= 0.6 is 0 Å². The van der Waals surface area contributed by atoms with E-state index in [2.05, 4.69) is 43.0 Å². The molecule has 1 aliphatic heterocycles. The monoisotopic (exact) mass is 404 g/mol. The van der Waals surface area contributed by atoms with Crippen LogP contribution in [0.1, 0.15) is 44.6 Å². The quantitative estimate of drug-likeness (QED) is 0.721. The second-order valence-corrected chi connectivity index (χ2v) is 9.01. The van der Waals surface area contributed by atoms with Gasteiger partial charge in [0.25, 0.3) is 0 Å². The fourth-order valence-corrected chi connectivity index (χ4v) is 5.05. The number of carbonyl (C=O) groups excluding carboxylic acids is 1. The molecule has 1 N–H and O–H groups in total. The van der Waals surface area contributed by atoms with Gasteiger partial charge in [0.15, 0.2) is 0 Å². The number of rotatable bonds is 4. The van der Waals surface area contributed by atoms with Gasteiger partial charge in [-0.2, -0.15) is 5.10 Å². The molecule has 6 rings (SSSR count). The summed E-state index contributed by atoms with van der Waals surface area (Å²) >= 11 is 0. The van der Waals surface area contributed by atoms with Crippen LogP contribution in [0.4, 0.5) is 5.69 Å². The van der Waals surface area contributed by atoms with Crippen molar-refractivity contribution in [2.45, 2.75) is 44.6 Å². The topological polar surface area (TPSA) is 70.1 Å². The molecule has 1 saturated heterocycles. The van der Waals surface area contributed by atoms with Gasteiger partial charge in [-0.3, -0.25) is 9.48 Å². The lowest BCUT2D eigenvalue weighted by Gasteiger charge is -2.36. The summed E-state index contributed by atoms with van der Waals surface area (Å²) in [4.78, 5) is 24.9. The van der Waals surface area contributed by atoms with Gasteiger partial charge >= 0.3 is 0 Å². The van der Waals surface area contributed by atoms with Crippen LogP contribution in [0.2, 0.25) is 0 Å². The molecule has 0 spiro atoms. The summed E-state index contributed by atoms with van der Waals surface area (Å²) in [6.07, 6.45) is 13.2. The van der Waals surface area contributed by atoms with Crippen LogP contribution in [0, 0.1) is 5.92 Å². The van der Waals surface area contributed by atoms with E-state index >= 15 is 0 Å². The molecule has 2 aliphatic carbocycles. The third-order valence-corrected chi connectivity index (χ3v) is 6.98. The summed E-state index contributed by atoms with van der Waals surface area (Å²) in [6, 6.07) is 4.85. The van der Waals surface area contributed by atoms with E-state index < -0.39 is 0 Å². The van der Waals surface area contributed by atoms with Gasteiger partial charge in [-0.15, -0.1) is 0 Å². The van der Waals surface area contributed by atoms with Gasteiger partial charge in [0.1, 0.15) is 5.65 Å². The first-order valence-corrected chi connectivity index (χ1v) is 11.3. The van der Waals surface area contributed by atoms with E-state index in [0.717, 1.165) is 61.3 Å². The maximum atomic E-state index is 12.4. The van der Waals surface area contributed by atoms with Gasteiger partial charge in [-0.25, -0.2) is 4.98 Å². The number of anilines is 1. The maximum Gasteiger partial charge on any atom is 0.225 e. The zero-order valence-corrected chi connectivity index (χ0v) is 17.3. The number of amides is 1. The number of H-pyrrole nitrogens is 1. The van der Waals surface area contributed by atoms with E-state index in [4.69, 9.17) is 0 Å². The highest BCUT2D eigenvalue weighted by Gasteiger charge is 2.34. The average molecular weight is 405 g/mol. The zero-order valence-electron chi connectivity index (χ0n) is 17.3. The first-order valence-electron chi connectivity index (χ1n) is 11.3. The standard InChI is InChI=1S/C23H28N6O/c30-23(16-5-6-16)28-11-9-27(10-12-28)21-7-8-24-22-19(21)13-20(26-22)17-14-25-29(15-17)18-3-1-2-4-18/h7-8,13-16,18H,1-6,9-12H2,(H,24,26). The predicted octanol–water partition coefficient (Wildman–Crippen LogP) is 3.60. The summed E-state index contributed by atoms with van der Waals surface area (Å²) < 4.78 is 2.14. The molecule has 30 heavy (non-hydrogen) atoms. The number of aromatic amines is 1. The number of carbonyl (C=O) groups is 1. The minimum absolute atomic E-state index is 0.307. The molecule has 156 valence electrons. The number of pyridine rings is 1. The Morgan fingerprint density at radius 1 is 1.07 bits per heavy atom. The molecule has 0 unspecified atom stereocenters. The van der Waals surface area contributed by atoms with E-state index in [9.17, 15) is 4.79 Å². The summed E-state index contributed by atoms with van der Waals surface area (Å²) in [7, 11) is 0. The van der Waals surface area contributed by atoms with Crippen molar-refractivity contribution in [3.8, 4) is 11.3 Å². The van der Waals surface area contributed by atoms with E-state index in [1.54, 1.807) is 0 Å². The lowest BCUT2D eigenvalue weighted by atomic mass is 10.2. The molecule has 3 fully saturated rings. The molecule has 0 atom stereocenters. The van der Waals surface area contributed by atoms with Crippen molar-refractivity contribution in [2.75, 3.05) is 31.1 Å². The Bertz CT molecular complexity index is 1070. The Morgan fingerprint density at radius 3 is 2.63 bits per heavy atom. The zero-order chi connectivity index (χ0) is 20.1. The minimum Gasteiger partial charge on any atom is -0.367 e. The molecule has 0 radical (unpaired) electrons. The van der Waals surface area contributed by atoms with Crippen LogP contribution in [-0.2, 0) is 4.79 Å². The smallest absolute Gasteiger partial charge is 0.225 e. The molecule has 4 heterocycles. The second kappa shape index (κ2) is 7.15. The van der Waals surface area contributed by atoms with Gasteiger partial charge in [0, 0.05) is 61.1 Å². The molecule has 7 nitrogen and oxygen atoms in total. The third-order valence-electron chi connectivity index (χ3n) is 6.98. The Balaban J connectivity index is 1.24. The highest BCUT2D eigenvalue weighted by atomic mass is 16.2. The van der Waals surface area contributed by atoms with E-state index in [-0.39, 0.29) is 0 Å². The van der Waals surface area contributed by atoms with Crippen molar-refractivity contribution in [2.24, 2.45) is 5.92 Å². The van der Waals surface area contributed by atoms with Crippen molar-refractivity contribution in [3.63, 3.8) is 0 Å². The van der Waals surface area contributed by atoms with E-state index in [0.29, 0.717) is 17.9 Å². The average Bonchev–Trinajstić information content (AvgIpc) is 3.17. The highest BCUT2D eigenvalue weighted by Crippen LogP contribution is 2.34. The lowest BCUT2D eigenvalue weighted by molar-refractivity contribution is -0.132. The predicted molar refractivity (Wildman–Crippen MR) is 116 cm³/mol. The molecule has 3 aromatic rings. The van der Waals surface area contributed by atoms with Crippen molar-refractivity contribution >= 4 is 22.6 Å². The van der Waals surface area contributed by atoms with Gasteiger partial charge in [0.05, 0.1) is 17.9 Å². The molecular weight excluding hydrogens is 376 g/mol. The Kier molecular flexibility index (Phi) is 4.28. The Hall–Kier alpha value is -2.83. The van der Waals surface area contributed by atoms with Gasteiger partial charge in [-0.05, 0) is 37.8 Å². The number of aromatic nitrogens is 4. The number of nitrogens with one attached hydrogen (secondary N) is 1. The first-order chi connectivity index (χ1) is 14.8. The molecule has 0 bridgehead atoms. The number of piperazine rings is 1. The Morgan fingerprint density at radius 2 is 1.87 bits per heavy atom. The van der Waals surface area contributed by atoms with Gasteiger partial charge in [-0.1, -0.05) is 12.8 Å². The van der Waals surface area contributed by atoms with Crippen molar-refractivity contribution in [1.82, 2.24) is 24.6 Å². The molecular formula is C23H28N6O. The van der Waals surface area contributed by atoms with Crippen LogP contribution in [0.25, 0.3) is 22.3 Å².